The van der Waals surface area contributed by atoms with Crippen molar-refractivity contribution in [2.75, 3.05) is 0 Å². The molecule has 4 aromatic rings. The van der Waals surface area contributed by atoms with Crippen LogP contribution in [0, 0.1) is 6.92 Å². The van der Waals surface area contributed by atoms with Crippen LogP contribution in [0.25, 0.3) is 22.7 Å². The number of fused-ring (bicyclic) bond motifs is 1. The minimum Gasteiger partial charge on any atom is -0.363 e. The Morgan fingerprint density at radius 2 is 2.00 bits per heavy atom. The Morgan fingerprint density at radius 1 is 1.12 bits per heavy atom. The van der Waals surface area contributed by atoms with Crippen molar-refractivity contribution in [1.82, 2.24) is 29.4 Å². The lowest BCUT2D eigenvalue weighted by Gasteiger charge is -2.08. The zero-order valence-corrected chi connectivity index (χ0v) is 12.8. The van der Waals surface area contributed by atoms with E-state index in [-0.39, 0.29) is 5.82 Å². The number of carbonyl (C=O) groups is 1. The van der Waals surface area contributed by atoms with Gasteiger partial charge < -0.3 is 5.73 Å². The molecule has 0 saturated heterocycles. The first-order valence-corrected chi connectivity index (χ1v) is 7.26. The van der Waals surface area contributed by atoms with Gasteiger partial charge in [-0.15, -0.1) is 10.2 Å². The molecule has 0 aliphatic rings. The van der Waals surface area contributed by atoms with Crippen LogP contribution in [-0.4, -0.2) is 35.3 Å². The second kappa shape index (κ2) is 5.27. The fraction of sp³-hybridized carbons (Fsp3) is 0.0625. The van der Waals surface area contributed by atoms with Gasteiger partial charge in [0.05, 0.1) is 11.9 Å². The largest absolute Gasteiger partial charge is 0.363 e. The number of primary amides is 1. The van der Waals surface area contributed by atoms with E-state index in [0.29, 0.717) is 11.5 Å². The molecule has 0 fully saturated rings. The summed E-state index contributed by atoms with van der Waals surface area (Å²) in [6.07, 6.45) is 3.46. The summed E-state index contributed by atoms with van der Waals surface area (Å²) < 4.78 is 3.31. The molecule has 24 heavy (non-hydrogen) atoms. The quantitative estimate of drug-likeness (QED) is 0.614. The minimum absolute atomic E-state index is 0.0894. The number of aromatic nitrogens is 6. The number of carbonyl (C=O) groups excluding carboxylic acids is 1. The number of pyridine rings is 2. The van der Waals surface area contributed by atoms with Crippen molar-refractivity contribution in [3.63, 3.8) is 0 Å². The highest BCUT2D eigenvalue weighted by molar-refractivity contribution is 5.90. The molecular formula is C16H13N7O. The van der Waals surface area contributed by atoms with E-state index in [0.717, 1.165) is 17.0 Å². The average molecular weight is 319 g/mol. The molecule has 0 aliphatic heterocycles. The topological polar surface area (TPSA) is 104 Å². The molecule has 1 amide bonds. The molecule has 0 saturated carbocycles. The Balaban J connectivity index is 1.88. The van der Waals surface area contributed by atoms with Gasteiger partial charge in [0.15, 0.2) is 11.5 Å². The lowest BCUT2D eigenvalue weighted by Crippen LogP contribution is -2.15. The smallest absolute Gasteiger partial charge is 0.287 e. The van der Waals surface area contributed by atoms with E-state index in [2.05, 4.69) is 20.3 Å². The van der Waals surface area contributed by atoms with Gasteiger partial charge in [-0.1, -0.05) is 6.07 Å². The number of rotatable bonds is 3. The zero-order chi connectivity index (χ0) is 16.7. The molecule has 0 aromatic carbocycles. The highest BCUT2D eigenvalue weighted by atomic mass is 16.1. The predicted molar refractivity (Wildman–Crippen MR) is 86.6 cm³/mol. The first-order valence-electron chi connectivity index (χ1n) is 7.26. The van der Waals surface area contributed by atoms with E-state index in [1.807, 2.05) is 37.3 Å². The Hall–Kier alpha value is -3.55. The summed E-state index contributed by atoms with van der Waals surface area (Å²) in [5.41, 5.74) is 8.46. The fourth-order valence-corrected chi connectivity index (χ4v) is 2.56. The van der Waals surface area contributed by atoms with E-state index >= 15 is 0 Å². The van der Waals surface area contributed by atoms with Crippen LogP contribution in [0.2, 0.25) is 0 Å². The van der Waals surface area contributed by atoms with Gasteiger partial charge in [0.1, 0.15) is 0 Å². The SMILES string of the molecule is Cc1cccc(-n2nccc2-c2ccc3nnc(C(N)=O)n3c2)n1. The molecule has 118 valence electrons. The van der Waals surface area contributed by atoms with Gasteiger partial charge in [-0.05, 0) is 37.3 Å². The summed E-state index contributed by atoms with van der Waals surface area (Å²) in [4.78, 5) is 16.0. The maximum Gasteiger partial charge on any atom is 0.287 e. The Morgan fingerprint density at radius 3 is 2.79 bits per heavy atom. The summed E-state index contributed by atoms with van der Waals surface area (Å²) in [5.74, 6) is 0.175. The van der Waals surface area contributed by atoms with Crippen LogP contribution in [0.1, 0.15) is 16.3 Å². The third-order valence-corrected chi connectivity index (χ3v) is 3.65. The van der Waals surface area contributed by atoms with E-state index in [9.17, 15) is 4.79 Å². The van der Waals surface area contributed by atoms with Crippen LogP contribution in [0.5, 0.6) is 0 Å². The Bertz CT molecular complexity index is 1060. The Labute approximate surface area is 136 Å². The second-order valence-electron chi connectivity index (χ2n) is 5.30. The monoisotopic (exact) mass is 319 g/mol. The van der Waals surface area contributed by atoms with Crippen molar-refractivity contribution in [3.8, 4) is 17.1 Å². The first-order chi connectivity index (χ1) is 11.6. The molecule has 0 unspecified atom stereocenters. The van der Waals surface area contributed by atoms with Crippen molar-refractivity contribution in [2.45, 2.75) is 6.92 Å². The second-order valence-corrected chi connectivity index (χ2v) is 5.30. The van der Waals surface area contributed by atoms with Crippen molar-refractivity contribution < 1.29 is 4.79 Å². The van der Waals surface area contributed by atoms with Crippen LogP contribution in [0.4, 0.5) is 0 Å². The molecule has 8 nitrogen and oxygen atoms in total. The van der Waals surface area contributed by atoms with Gasteiger partial charge in [0.2, 0.25) is 5.82 Å². The van der Waals surface area contributed by atoms with Crippen LogP contribution in [0.3, 0.4) is 0 Å². The van der Waals surface area contributed by atoms with Crippen LogP contribution < -0.4 is 5.73 Å². The van der Waals surface area contributed by atoms with E-state index in [1.54, 1.807) is 27.5 Å². The third-order valence-electron chi connectivity index (χ3n) is 3.65. The van der Waals surface area contributed by atoms with Crippen LogP contribution >= 0.6 is 0 Å². The molecule has 2 N–H and O–H groups in total. The number of aryl methyl sites for hydroxylation is 1. The number of nitrogens with zero attached hydrogens (tertiary/aromatic N) is 6. The van der Waals surface area contributed by atoms with Crippen molar-refractivity contribution in [3.05, 3.63) is 60.3 Å². The standard InChI is InChI=1S/C16H13N7O/c1-10-3-2-4-13(19-10)23-12(7-8-18-23)11-5-6-14-20-21-16(15(17)24)22(14)9-11/h2-9H,1H3,(H2,17,24). The van der Waals surface area contributed by atoms with Gasteiger partial charge in [-0.3, -0.25) is 9.20 Å². The summed E-state index contributed by atoms with van der Waals surface area (Å²) in [6.45, 7) is 1.93. The molecule has 0 bridgehead atoms. The van der Waals surface area contributed by atoms with Gasteiger partial charge >= 0.3 is 0 Å². The maximum atomic E-state index is 11.5. The molecule has 4 aromatic heterocycles. The zero-order valence-electron chi connectivity index (χ0n) is 12.8. The molecule has 0 radical (unpaired) electrons. The van der Waals surface area contributed by atoms with Crippen molar-refractivity contribution in [1.29, 1.82) is 0 Å². The summed E-state index contributed by atoms with van der Waals surface area (Å²) in [5, 5.41) is 12.1. The number of hydrogen-bond donors (Lipinski definition) is 1. The minimum atomic E-state index is -0.631. The van der Waals surface area contributed by atoms with Crippen LogP contribution in [-0.2, 0) is 0 Å². The van der Waals surface area contributed by atoms with Gasteiger partial charge in [0.25, 0.3) is 5.91 Å². The molecule has 0 spiro atoms. The number of hydrogen-bond acceptors (Lipinski definition) is 5. The Kier molecular flexibility index (Phi) is 3.09. The molecule has 0 atom stereocenters. The molecule has 4 heterocycles. The molecule has 4 rings (SSSR count). The van der Waals surface area contributed by atoms with E-state index in [4.69, 9.17) is 5.73 Å². The maximum absolute atomic E-state index is 11.5. The molecule has 0 aliphatic carbocycles. The predicted octanol–water partition coefficient (Wildman–Crippen LogP) is 1.38. The van der Waals surface area contributed by atoms with Gasteiger partial charge in [-0.25, -0.2) is 9.67 Å². The summed E-state index contributed by atoms with van der Waals surface area (Å²) in [6, 6.07) is 11.3. The first kappa shape index (κ1) is 14.1. The average Bonchev–Trinajstić information content (AvgIpc) is 3.21. The lowest BCUT2D eigenvalue weighted by molar-refractivity contribution is 0.0989. The normalized spacial score (nSPS) is 11.0. The van der Waals surface area contributed by atoms with E-state index < -0.39 is 5.91 Å². The van der Waals surface area contributed by atoms with Crippen molar-refractivity contribution >= 4 is 11.6 Å². The van der Waals surface area contributed by atoms with Gasteiger partial charge in [0, 0.05) is 17.5 Å². The number of nitrogens with two attached hydrogens (primary N) is 1. The van der Waals surface area contributed by atoms with E-state index in [1.165, 1.54) is 0 Å². The molecular weight excluding hydrogens is 306 g/mol. The fourth-order valence-electron chi connectivity index (χ4n) is 2.56. The van der Waals surface area contributed by atoms with Crippen LogP contribution in [0.15, 0.2) is 48.8 Å². The summed E-state index contributed by atoms with van der Waals surface area (Å²) >= 11 is 0. The summed E-state index contributed by atoms with van der Waals surface area (Å²) in [7, 11) is 0. The van der Waals surface area contributed by atoms with Gasteiger partial charge in [-0.2, -0.15) is 5.10 Å². The third kappa shape index (κ3) is 2.21. The van der Waals surface area contributed by atoms with Crippen molar-refractivity contribution in [2.24, 2.45) is 5.73 Å². The lowest BCUT2D eigenvalue weighted by atomic mass is 10.2. The number of amides is 1. The highest BCUT2D eigenvalue weighted by Crippen LogP contribution is 2.22. The highest BCUT2D eigenvalue weighted by Gasteiger charge is 2.14. The molecule has 8 heteroatoms.